The van der Waals surface area contributed by atoms with E-state index in [0.29, 0.717) is 0 Å². The fourth-order valence-electron chi connectivity index (χ4n) is 2.46. The van der Waals surface area contributed by atoms with Crippen LogP contribution in [0.1, 0.15) is 25.3 Å². The Bertz CT molecular complexity index is 360. The van der Waals surface area contributed by atoms with E-state index in [4.69, 9.17) is 4.74 Å². The van der Waals surface area contributed by atoms with Crippen molar-refractivity contribution in [3.8, 4) is 5.75 Å². The topological polar surface area (TPSA) is 24.5 Å². The van der Waals surface area contributed by atoms with Crippen LogP contribution in [0.3, 0.4) is 0 Å². The first-order chi connectivity index (χ1) is 9.38. The van der Waals surface area contributed by atoms with E-state index in [9.17, 15) is 0 Å². The number of benzene rings is 1. The Morgan fingerprint density at radius 3 is 3.11 bits per heavy atom. The van der Waals surface area contributed by atoms with E-state index in [0.717, 1.165) is 44.8 Å². The zero-order chi connectivity index (χ0) is 13.3. The molecule has 1 saturated heterocycles. The highest BCUT2D eigenvalue weighted by Crippen LogP contribution is 2.13. The molecular formula is C16H26N2O. The van der Waals surface area contributed by atoms with Crippen LogP contribution in [0.25, 0.3) is 0 Å². The molecule has 0 radical (unpaired) electrons. The van der Waals surface area contributed by atoms with Crippen LogP contribution in [0.15, 0.2) is 24.3 Å². The first-order valence-electron chi connectivity index (χ1n) is 7.53. The Hall–Kier alpha value is -1.06. The minimum atomic E-state index is 0.817. The van der Waals surface area contributed by atoms with Crippen molar-refractivity contribution in [2.24, 2.45) is 0 Å². The summed E-state index contributed by atoms with van der Waals surface area (Å²) in [5.41, 5.74) is 1.34. The molecule has 0 aliphatic carbocycles. The van der Waals surface area contributed by atoms with Gasteiger partial charge in [0.05, 0.1) is 6.61 Å². The SMILES string of the molecule is CCc1cccc(OCCCN2CCCNCC2)c1. The molecule has 0 saturated carbocycles. The van der Waals surface area contributed by atoms with Crippen LogP contribution in [0.5, 0.6) is 5.75 Å². The normalized spacial score (nSPS) is 17.1. The summed E-state index contributed by atoms with van der Waals surface area (Å²) in [5.74, 6) is 1.01. The maximum Gasteiger partial charge on any atom is 0.119 e. The second kappa shape index (κ2) is 8.18. The van der Waals surface area contributed by atoms with E-state index in [1.54, 1.807) is 0 Å². The van der Waals surface area contributed by atoms with Gasteiger partial charge in [-0.2, -0.15) is 0 Å². The van der Waals surface area contributed by atoms with E-state index in [-0.39, 0.29) is 0 Å². The van der Waals surface area contributed by atoms with Crippen molar-refractivity contribution in [2.75, 3.05) is 39.3 Å². The zero-order valence-corrected chi connectivity index (χ0v) is 12.0. The molecule has 1 aromatic rings. The second-order valence-electron chi connectivity index (χ2n) is 5.15. The molecule has 0 bridgehead atoms. The molecule has 1 aromatic carbocycles. The van der Waals surface area contributed by atoms with Gasteiger partial charge in [0.2, 0.25) is 0 Å². The summed E-state index contributed by atoms with van der Waals surface area (Å²) < 4.78 is 5.83. The molecule has 106 valence electrons. The van der Waals surface area contributed by atoms with Gasteiger partial charge in [-0.25, -0.2) is 0 Å². The van der Waals surface area contributed by atoms with Crippen molar-refractivity contribution in [2.45, 2.75) is 26.2 Å². The highest BCUT2D eigenvalue weighted by molar-refractivity contribution is 5.28. The Kier molecular flexibility index (Phi) is 6.18. The van der Waals surface area contributed by atoms with Gasteiger partial charge in [-0.05, 0) is 50.0 Å². The molecule has 1 aliphatic heterocycles. The van der Waals surface area contributed by atoms with Crippen molar-refractivity contribution in [3.05, 3.63) is 29.8 Å². The van der Waals surface area contributed by atoms with Crippen LogP contribution in [-0.4, -0.2) is 44.2 Å². The van der Waals surface area contributed by atoms with Gasteiger partial charge in [-0.1, -0.05) is 19.1 Å². The lowest BCUT2D eigenvalue weighted by Crippen LogP contribution is -2.29. The Morgan fingerprint density at radius 2 is 2.21 bits per heavy atom. The molecular weight excluding hydrogens is 236 g/mol. The quantitative estimate of drug-likeness (QED) is 0.796. The highest BCUT2D eigenvalue weighted by atomic mass is 16.5. The maximum absolute atomic E-state index is 5.83. The fourth-order valence-corrected chi connectivity index (χ4v) is 2.46. The maximum atomic E-state index is 5.83. The van der Waals surface area contributed by atoms with E-state index in [1.807, 2.05) is 0 Å². The third-order valence-corrected chi connectivity index (χ3v) is 3.63. The average molecular weight is 262 g/mol. The minimum absolute atomic E-state index is 0.817. The third kappa shape index (κ3) is 5.21. The average Bonchev–Trinajstić information content (AvgIpc) is 2.72. The number of aryl methyl sites for hydroxylation is 1. The van der Waals surface area contributed by atoms with E-state index in [1.165, 1.54) is 25.1 Å². The molecule has 1 N–H and O–H groups in total. The van der Waals surface area contributed by atoms with Gasteiger partial charge in [0.25, 0.3) is 0 Å². The van der Waals surface area contributed by atoms with Gasteiger partial charge in [-0.15, -0.1) is 0 Å². The predicted molar refractivity (Wildman–Crippen MR) is 79.9 cm³/mol. The smallest absolute Gasteiger partial charge is 0.119 e. The summed E-state index contributed by atoms with van der Waals surface area (Å²) in [4.78, 5) is 2.53. The summed E-state index contributed by atoms with van der Waals surface area (Å²) in [6.45, 7) is 8.82. The molecule has 1 heterocycles. The highest BCUT2D eigenvalue weighted by Gasteiger charge is 2.07. The summed E-state index contributed by atoms with van der Waals surface area (Å²) >= 11 is 0. The van der Waals surface area contributed by atoms with Crippen molar-refractivity contribution >= 4 is 0 Å². The van der Waals surface area contributed by atoms with Crippen LogP contribution in [0, 0.1) is 0 Å². The molecule has 3 nitrogen and oxygen atoms in total. The summed E-state index contributed by atoms with van der Waals surface area (Å²) in [6.07, 6.45) is 3.44. The molecule has 1 aliphatic rings. The van der Waals surface area contributed by atoms with Gasteiger partial charge in [0.15, 0.2) is 0 Å². The van der Waals surface area contributed by atoms with Gasteiger partial charge in [0, 0.05) is 19.6 Å². The molecule has 0 aromatic heterocycles. The lowest BCUT2D eigenvalue weighted by Gasteiger charge is -2.19. The van der Waals surface area contributed by atoms with Gasteiger partial charge < -0.3 is 15.0 Å². The third-order valence-electron chi connectivity index (χ3n) is 3.63. The van der Waals surface area contributed by atoms with Gasteiger partial charge in [0.1, 0.15) is 5.75 Å². The summed E-state index contributed by atoms with van der Waals surface area (Å²) in [7, 11) is 0. The number of hydrogen-bond donors (Lipinski definition) is 1. The molecule has 0 atom stereocenters. The molecule has 1 fully saturated rings. The molecule has 19 heavy (non-hydrogen) atoms. The predicted octanol–water partition coefficient (Wildman–Crippen LogP) is 2.31. The lowest BCUT2D eigenvalue weighted by atomic mass is 10.2. The molecule has 0 unspecified atom stereocenters. The Morgan fingerprint density at radius 1 is 1.26 bits per heavy atom. The van der Waals surface area contributed by atoms with Gasteiger partial charge in [-0.3, -0.25) is 0 Å². The summed E-state index contributed by atoms with van der Waals surface area (Å²) in [6, 6.07) is 8.43. The zero-order valence-electron chi connectivity index (χ0n) is 12.0. The largest absolute Gasteiger partial charge is 0.494 e. The van der Waals surface area contributed by atoms with Crippen molar-refractivity contribution < 1.29 is 4.74 Å². The standard InChI is InChI=1S/C16H26N2O/c1-2-15-6-3-7-16(14-15)19-13-5-11-18-10-4-8-17-9-12-18/h3,6-7,14,17H,2,4-5,8-13H2,1H3. The van der Waals surface area contributed by atoms with Crippen LogP contribution in [-0.2, 0) is 6.42 Å². The van der Waals surface area contributed by atoms with Crippen LogP contribution in [0.2, 0.25) is 0 Å². The first kappa shape index (κ1) is 14.4. The first-order valence-corrected chi connectivity index (χ1v) is 7.53. The second-order valence-corrected chi connectivity index (χ2v) is 5.15. The van der Waals surface area contributed by atoms with Crippen molar-refractivity contribution in [1.82, 2.24) is 10.2 Å². The monoisotopic (exact) mass is 262 g/mol. The number of rotatable bonds is 6. The summed E-state index contributed by atoms with van der Waals surface area (Å²) in [5, 5.41) is 3.43. The number of hydrogen-bond acceptors (Lipinski definition) is 3. The molecule has 0 amide bonds. The molecule has 0 spiro atoms. The van der Waals surface area contributed by atoms with Crippen molar-refractivity contribution in [3.63, 3.8) is 0 Å². The van der Waals surface area contributed by atoms with Crippen LogP contribution in [0.4, 0.5) is 0 Å². The van der Waals surface area contributed by atoms with Crippen molar-refractivity contribution in [1.29, 1.82) is 0 Å². The van der Waals surface area contributed by atoms with E-state index >= 15 is 0 Å². The van der Waals surface area contributed by atoms with Crippen LogP contribution >= 0.6 is 0 Å². The molecule has 2 rings (SSSR count). The molecule has 3 heteroatoms. The Balaban J connectivity index is 1.65. The van der Waals surface area contributed by atoms with Gasteiger partial charge >= 0.3 is 0 Å². The van der Waals surface area contributed by atoms with E-state index < -0.39 is 0 Å². The number of ether oxygens (including phenoxy) is 1. The number of nitrogens with zero attached hydrogens (tertiary/aromatic N) is 1. The van der Waals surface area contributed by atoms with Crippen LogP contribution < -0.4 is 10.1 Å². The minimum Gasteiger partial charge on any atom is -0.494 e. The van der Waals surface area contributed by atoms with E-state index in [2.05, 4.69) is 41.4 Å². The number of nitrogens with one attached hydrogen (secondary N) is 1. The lowest BCUT2D eigenvalue weighted by molar-refractivity contribution is 0.243. The fraction of sp³-hybridized carbons (Fsp3) is 0.625. The Labute approximate surface area is 116 Å².